The van der Waals surface area contributed by atoms with Gasteiger partial charge in [-0.3, -0.25) is 4.90 Å². The Hall–Kier alpha value is -0.900. The van der Waals surface area contributed by atoms with E-state index in [-0.39, 0.29) is 0 Å². The Kier molecular flexibility index (Phi) is 6.68. The largest absolute Gasteiger partial charge is 0.382 e. The van der Waals surface area contributed by atoms with Crippen LogP contribution in [0.5, 0.6) is 0 Å². The lowest BCUT2D eigenvalue weighted by molar-refractivity contribution is 0.0881. The molecule has 3 nitrogen and oxygen atoms in total. The van der Waals surface area contributed by atoms with Crippen LogP contribution < -0.4 is 5.32 Å². The summed E-state index contributed by atoms with van der Waals surface area (Å²) in [5, 5.41) is 3.73. The van der Waals surface area contributed by atoms with E-state index in [4.69, 9.17) is 4.74 Å². The fourth-order valence-corrected chi connectivity index (χ4v) is 3.05. The summed E-state index contributed by atoms with van der Waals surface area (Å²) in [4.78, 5) is 2.63. The van der Waals surface area contributed by atoms with Crippen molar-refractivity contribution in [3.8, 4) is 0 Å². The molecule has 1 N–H and O–H groups in total. The number of nitrogens with one attached hydrogen (secondary N) is 1. The quantitative estimate of drug-likeness (QED) is 0.781. The average Bonchev–Trinajstić information content (AvgIpc) is 2.52. The first-order valence-electron chi connectivity index (χ1n) is 8.32. The molecule has 0 amide bonds. The molecule has 2 rings (SSSR count). The van der Waals surface area contributed by atoms with Crippen molar-refractivity contribution in [2.24, 2.45) is 5.92 Å². The molecule has 0 radical (unpaired) electrons. The highest BCUT2D eigenvalue weighted by Gasteiger charge is 2.29. The molecule has 0 bridgehead atoms. The van der Waals surface area contributed by atoms with Gasteiger partial charge in [-0.15, -0.1) is 0 Å². The van der Waals surface area contributed by atoms with E-state index >= 15 is 0 Å². The maximum atomic E-state index is 5.50. The number of ether oxygens (including phenoxy) is 1. The van der Waals surface area contributed by atoms with Crippen molar-refractivity contribution in [3.05, 3.63) is 35.9 Å². The van der Waals surface area contributed by atoms with Crippen LogP contribution in [-0.2, 0) is 4.74 Å². The fourth-order valence-electron chi connectivity index (χ4n) is 3.05. The molecule has 21 heavy (non-hydrogen) atoms. The standard InChI is InChI=1S/C18H30N2O/c1-4-21-12-8-11-20-14-17(15(2)3)19-13-18(20)16-9-6-5-7-10-16/h5-7,9-10,15,17-19H,4,8,11-14H2,1-3H3. The summed E-state index contributed by atoms with van der Waals surface area (Å²) in [7, 11) is 0. The molecule has 2 atom stereocenters. The molecule has 3 heteroatoms. The molecule has 1 aromatic rings. The normalized spacial score (nSPS) is 23.6. The SMILES string of the molecule is CCOCCCN1CC(C(C)C)NCC1c1ccccc1. The lowest BCUT2D eigenvalue weighted by atomic mass is 9.96. The van der Waals surface area contributed by atoms with E-state index in [1.54, 1.807) is 0 Å². The van der Waals surface area contributed by atoms with Crippen LogP contribution in [0.25, 0.3) is 0 Å². The molecule has 1 aliphatic heterocycles. The second-order valence-corrected chi connectivity index (χ2v) is 6.23. The summed E-state index contributed by atoms with van der Waals surface area (Å²) in [6.07, 6.45) is 1.11. The summed E-state index contributed by atoms with van der Waals surface area (Å²) in [6.45, 7) is 11.6. The molecule has 0 aliphatic carbocycles. The summed E-state index contributed by atoms with van der Waals surface area (Å²) < 4.78 is 5.50. The second-order valence-electron chi connectivity index (χ2n) is 6.23. The molecule has 0 aromatic heterocycles. The monoisotopic (exact) mass is 290 g/mol. The Labute approximate surface area is 129 Å². The van der Waals surface area contributed by atoms with E-state index in [0.717, 1.165) is 39.3 Å². The Morgan fingerprint density at radius 1 is 1.29 bits per heavy atom. The lowest BCUT2D eigenvalue weighted by Gasteiger charge is -2.42. The third-order valence-corrected chi connectivity index (χ3v) is 4.37. The van der Waals surface area contributed by atoms with Crippen LogP contribution in [0.1, 0.15) is 38.8 Å². The van der Waals surface area contributed by atoms with Crippen LogP contribution in [0.4, 0.5) is 0 Å². The van der Waals surface area contributed by atoms with Gasteiger partial charge in [-0.05, 0) is 24.8 Å². The van der Waals surface area contributed by atoms with Crippen LogP contribution >= 0.6 is 0 Å². The van der Waals surface area contributed by atoms with Crippen LogP contribution in [-0.4, -0.2) is 43.8 Å². The zero-order valence-corrected chi connectivity index (χ0v) is 13.7. The number of hydrogen-bond acceptors (Lipinski definition) is 3. The minimum atomic E-state index is 0.489. The first-order chi connectivity index (χ1) is 10.2. The van der Waals surface area contributed by atoms with Gasteiger partial charge in [0.05, 0.1) is 0 Å². The van der Waals surface area contributed by atoms with Gasteiger partial charge in [-0.1, -0.05) is 44.2 Å². The van der Waals surface area contributed by atoms with Crippen molar-refractivity contribution in [1.29, 1.82) is 0 Å². The lowest BCUT2D eigenvalue weighted by Crippen LogP contribution is -2.54. The predicted octanol–water partition coefficient (Wildman–Crippen LogP) is 3.08. The topological polar surface area (TPSA) is 24.5 Å². The van der Waals surface area contributed by atoms with Crippen molar-refractivity contribution in [1.82, 2.24) is 10.2 Å². The number of hydrogen-bond donors (Lipinski definition) is 1. The van der Waals surface area contributed by atoms with Gasteiger partial charge in [0.15, 0.2) is 0 Å². The molecule has 1 fully saturated rings. The van der Waals surface area contributed by atoms with Crippen molar-refractivity contribution in [2.75, 3.05) is 32.8 Å². The molecule has 0 saturated carbocycles. The van der Waals surface area contributed by atoms with E-state index in [0.29, 0.717) is 18.0 Å². The first kappa shape index (κ1) is 16.5. The third-order valence-electron chi connectivity index (χ3n) is 4.37. The summed E-state index contributed by atoms with van der Waals surface area (Å²) in [5.41, 5.74) is 1.42. The van der Waals surface area contributed by atoms with Crippen molar-refractivity contribution < 1.29 is 4.74 Å². The molecule has 2 unspecified atom stereocenters. The van der Waals surface area contributed by atoms with Gasteiger partial charge >= 0.3 is 0 Å². The summed E-state index contributed by atoms with van der Waals surface area (Å²) >= 11 is 0. The van der Waals surface area contributed by atoms with Crippen LogP contribution in [0.2, 0.25) is 0 Å². The van der Waals surface area contributed by atoms with Gasteiger partial charge in [0.2, 0.25) is 0 Å². The Balaban J connectivity index is 1.99. The molecular weight excluding hydrogens is 260 g/mol. The van der Waals surface area contributed by atoms with Crippen LogP contribution in [0.3, 0.4) is 0 Å². The van der Waals surface area contributed by atoms with Crippen molar-refractivity contribution in [3.63, 3.8) is 0 Å². The van der Waals surface area contributed by atoms with Crippen molar-refractivity contribution in [2.45, 2.75) is 39.3 Å². The molecular formula is C18H30N2O. The molecule has 1 aliphatic rings. The highest BCUT2D eigenvalue weighted by molar-refractivity contribution is 5.20. The summed E-state index contributed by atoms with van der Waals surface area (Å²) in [6, 6.07) is 12.0. The fraction of sp³-hybridized carbons (Fsp3) is 0.667. The average molecular weight is 290 g/mol. The van der Waals surface area contributed by atoms with Gasteiger partial charge in [-0.2, -0.15) is 0 Å². The summed E-state index contributed by atoms with van der Waals surface area (Å²) in [5.74, 6) is 0.677. The Morgan fingerprint density at radius 3 is 2.71 bits per heavy atom. The molecule has 1 saturated heterocycles. The number of rotatable bonds is 7. The molecule has 1 aromatic carbocycles. The van der Waals surface area contributed by atoms with Gasteiger partial charge < -0.3 is 10.1 Å². The van der Waals surface area contributed by atoms with Gasteiger partial charge in [0.1, 0.15) is 0 Å². The molecule has 1 heterocycles. The van der Waals surface area contributed by atoms with Crippen LogP contribution in [0, 0.1) is 5.92 Å². The maximum Gasteiger partial charge on any atom is 0.0478 e. The Morgan fingerprint density at radius 2 is 2.05 bits per heavy atom. The number of nitrogens with zero attached hydrogens (tertiary/aromatic N) is 1. The highest BCUT2D eigenvalue weighted by Crippen LogP contribution is 2.25. The highest BCUT2D eigenvalue weighted by atomic mass is 16.5. The predicted molar refractivity (Wildman–Crippen MR) is 88.5 cm³/mol. The van der Waals surface area contributed by atoms with Gasteiger partial charge in [0.25, 0.3) is 0 Å². The van der Waals surface area contributed by atoms with E-state index in [2.05, 4.69) is 61.3 Å². The minimum absolute atomic E-state index is 0.489. The zero-order valence-electron chi connectivity index (χ0n) is 13.7. The van der Waals surface area contributed by atoms with E-state index in [1.807, 2.05) is 0 Å². The van der Waals surface area contributed by atoms with E-state index in [9.17, 15) is 0 Å². The smallest absolute Gasteiger partial charge is 0.0478 e. The van der Waals surface area contributed by atoms with E-state index in [1.165, 1.54) is 5.56 Å². The van der Waals surface area contributed by atoms with Gasteiger partial charge in [-0.25, -0.2) is 0 Å². The number of benzene rings is 1. The minimum Gasteiger partial charge on any atom is -0.382 e. The van der Waals surface area contributed by atoms with Gasteiger partial charge in [0, 0.05) is 44.9 Å². The van der Waals surface area contributed by atoms with Crippen LogP contribution in [0.15, 0.2) is 30.3 Å². The third kappa shape index (κ3) is 4.80. The Bertz CT molecular complexity index is 393. The van der Waals surface area contributed by atoms with Crippen molar-refractivity contribution >= 4 is 0 Å². The first-order valence-corrected chi connectivity index (χ1v) is 8.32. The molecule has 118 valence electrons. The van der Waals surface area contributed by atoms with E-state index < -0.39 is 0 Å². The second kappa shape index (κ2) is 8.52. The number of piperazine rings is 1. The maximum absolute atomic E-state index is 5.50. The molecule has 0 spiro atoms. The zero-order chi connectivity index (χ0) is 15.1.